The molecule has 1 heterocycles. The lowest BCUT2D eigenvalue weighted by Gasteiger charge is -2.09. The van der Waals surface area contributed by atoms with Gasteiger partial charge in [-0.15, -0.1) is 0 Å². The number of anilines is 1. The number of hydrogen-bond donors (Lipinski definition) is 1. The van der Waals surface area contributed by atoms with Gasteiger partial charge in [0.1, 0.15) is 18.2 Å². The summed E-state index contributed by atoms with van der Waals surface area (Å²) in [6.45, 7) is 0.463. The molecular formula is C13H13ClN2O. The van der Waals surface area contributed by atoms with E-state index in [0.29, 0.717) is 11.6 Å². The molecule has 88 valence electrons. The molecule has 1 aromatic heterocycles. The van der Waals surface area contributed by atoms with E-state index in [1.807, 2.05) is 37.4 Å². The summed E-state index contributed by atoms with van der Waals surface area (Å²) < 4.78 is 5.65. The SMILES string of the molecule is CNc1ncccc1COc1cccc(Cl)c1. The van der Waals surface area contributed by atoms with Crippen LogP contribution in [0, 0.1) is 0 Å². The molecule has 0 aliphatic rings. The van der Waals surface area contributed by atoms with Crippen molar-refractivity contribution in [3.8, 4) is 5.75 Å². The minimum absolute atomic E-state index is 0.463. The number of nitrogens with one attached hydrogen (secondary N) is 1. The van der Waals surface area contributed by atoms with Gasteiger partial charge in [0.15, 0.2) is 0 Å². The van der Waals surface area contributed by atoms with Crippen LogP contribution in [0.5, 0.6) is 5.75 Å². The Kier molecular flexibility index (Phi) is 3.83. The van der Waals surface area contributed by atoms with Gasteiger partial charge >= 0.3 is 0 Å². The van der Waals surface area contributed by atoms with Crippen LogP contribution in [-0.2, 0) is 6.61 Å². The van der Waals surface area contributed by atoms with Crippen molar-refractivity contribution in [1.82, 2.24) is 4.98 Å². The summed E-state index contributed by atoms with van der Waals surface area (Å²) in [4.78, 5) is 4.21. The third-order valence-corrected chi connectivity index (χ3v) is 2.55. The van der Waals surface area contributed by atoms with E-state index in [-0.39, 0.29) is 0 Å². The van der Waals surface area contributed by atoms with Crippen molar-refractivity contribution >= 4 is 17.4 Å². The monoisotopic (exact) mass is 248 g/mol. The fraction of sp³-hybridized carbons (Fsp3) is 0.154. The first kappa shape index (κ1) is 11.7. The van der Waals surface area contributed by atoms with Crippen LogP contribution >= 0.6 is 11.6 Å². The van der Waals surface area contributed by atoms with Gasteiger partial charge in [0.05, 0.1) is 0 Å². The van der Waals surface area contributed by atoms with Crippen LogP contribution in [0.25, 0.3) is 0 Å². The molecule has 2 rings (SSSR count). The van der Waals surface area contributed by atoms with Crippen molar-refractivity contribution in [2.75, 3.05) is 12.4 Å². The Bertz CT molecular complexity index is 502. The molecule has 0 aliphatic carbocycles. The van der Waals surface area contributed by atoms with Crippen LogP contribution < -0.4 is 10.1 Å². The fourth-order valence-electron chi connectivity index (χ4n) is 1.50. The molecule has 1 aromatic carbocycles. The number of benzene rings is 1. The summed E-state index contributed by atoms with van der Waals surface area (Å²) in [6, 6.07) is 11.2. The fourth-order valence-corrected chi connectivity index (χ4v) is 1.68. The quantitative estimate of drug-likeness (QED) is 0.901. The normalized spacial score (nSPS) is 10.0. The molecule has 17 heavy (non-hydrogen) atoms. The van der Waals surface area contributed by atoms with E-state index in [1.54, 1.807) is 12.3 Å². The summed E-state index contributed by atoms with van der Waals surface area (Å²) >= 11 is 5.88. The van der Waals surface area contributed by atoms with Crippen LogP contribution in [0.2, 0.25) is 5.02 Å². The zero-order chi connectivity index (χ0) is 12.1. The molecule has 0 atom stereocenters. The van der Waals surface area contributed by atoms with E-state index >= 15 is 0 Å². The van der Waals surface area contributed by atoms with Crippen LogP contribution in [0.1, 0.15) is 5.56 Å². The number of halogens is 1. The van der Waals surface area contributed by atoms with Gasteiger partial charge in [0.25, 0.3) is 0 Å². The molecule has 0 spiro atoms. The van der Waals surface area contributed by atoms with Crippen molar-refractivity contribution in [3.63, 3.8) is 0 Å². The van der Waals surface area contributed by atoms with Crippen LogP contribution in [0.15, 0.2) is 42.6 Å². The van der Waals surface area contributed by atoms with Crippen molar-refractivity contribution in [1.29, 1.82) is 0 Å². The highest BCUT2D eigenvalue weighted by Crippen LogP contribution is 2.19. The number of ether oxygens (including phenoxy) is 1. The second-order valence-corrected chi connectivity index (χ2v) is 3.94. The van der Waals surface area contributed by atoms with Gasteiger partial charge in [-0.25, -0.2) is 4.98 Å². The number of pyridine rings is 1. The lowest BCUT2D eigenvalue weighted by atomic mass is 10.2. The molecule has 4 heteroatoms. The first-order chi connectivity index (χ1) is 8.29. The highest BCUT2D eigenvalue weighted by molar-refractivity contribution is 6.30. The standard InChI is InChI=1S/C13H13ClN2O/c1-15-13-10(4-3-7-16-13)9-17-12-6-2-5-11(14)8-12/h2-8H,9H2,1H3,(H,15,16). The molecule has 0 saturated heterocycles. The smallest absolute Gasteiger partial charge is 0.132 e. The van der Waals surface area contributed by atoms with Crippen LogP contribution in [0.4, 0.5) is 5.82 Å². The van der Waals surface area contributed by atoms with Gasteiger partial charge in [-0.05, 0) is 24.3 Å². The predicted octanol–water partition coefficient (Wildman–Crippen LogP) is 3.36. The molecule has 0 bridgehead atoms. The van der Waals surface area contributed by atoms with E-state index in [9.17, 15) is 0 Å². The third-order valence-electron chi connectivity index (χ3n) is 2.32. The Hall–Kier alpha value is -1.74. The first-order valence-electron chi connectivity index (χ1n) is 5.29. The van der Waals surface area contributed by atoms with Crippen molar-refractivity contribution in [2.24, 2.45) is 0 Å². The molecule has 0 saturated carbocycles. The van der Waals surface area contributed by atoms with Gasteiger partial charge in [-0.2, -0.15) is 0 Å². The average molecular weight is 249 g/mol. The highest BCUT2D eigenvalue weighted by Gasteiger charge is 2.02. The number of aromatic nitrogens is 1. The molecule has 0 radical (unpaired) electrons. The predicted molar refractivity (Wildman–Crippen MR) is 69.6 cm³/mol. The van der Waals surface area contributed by atoms with E-state index < -0.39 is 0 Å². The number of rotatable bonds is 4. The van der Waals surface area contributed by atoms with E-state index in [2.05, 4.69) is 10.3 Å². The molecular weight excluding hydrogens is 236 g/mol. The summed E-state index contributed by atoms with van der Waals surface area (Å²) in [6.07, 6.45) is 1.74. The second kappa shape index (κ2) is 5.55. The zero-order valence-electron chi connectivity index (χ0n) is 9.48. The van der Waals surface area contributed by atoms with E-state index in [0.717, 1.165) is 17.1 Å². The molecule has 0 amide bonds. The minimum Gasteiger partial charge on any atom is -0.489 e. The zero-order valence-corrected chi connectivity index (χ0v) is 10.2. The maximum absolute atomic E-state index is 5.88. The van der Waals surface area contributed by atoms with E-state index in [1.165, 1.54) is 0 Å². The summed E-state index contributed by atoms with van der Waals surface area (Å²) in [7, 11) is 1.84. The topological polar surface area (TPSA) is 34.2 Å². The molecule has 3 nitrogen and oxygen atoms in total. The average Bonchev–Trinajstić information content (AvgIpc) is 2.37. The van der Waals surface area contributed by atoms with Crippen LogP contribution in [-0.4, -0.2) is 12.0 Å². The van der Waals surface area contributed by atoms with Crippen LogP contribution in [0.3, 0.4) is 0 Å². The first-order valence-corrected chi connectivity index (χ1v) is 5.67. The third kappa shape index (κ3) is 3.11. The summed E-state index contributed by atoms with van der Waals surface area (Å²) in [5.41, 5.74) is 1.01. The van der Waals surface area contributed by atoms with Gasteiger partial charge < -0.3 is 10.1 Å². The molecule has 0 aliphatic heterocycles. The molecule has 2 aromatic rings. The second-order valence-electron chi connectivity index (χ2n) is 3.51. The molecule has 0 unspecified atom stereocenters. The Morgan fingerprint density at radius 1 is 1.29 bits per heavy atom. The Morgan fingerprint density at radius 2 is 2.18 bits per heavy atom. The van der Waals surface area contributed by atoms with Crippen molar-refractivity contribution in [2.45, 2.75) is 6.61 Å². The van der Waals surface area contributed by atoms with Gasteiger partial charge in [-0.3, -0.25) is 0 Å². The largest absolute Gasteiger partial charge is 0.489 e. The Morgan fingerprint density at radius 3 is 2.94 bits per heavy atom. The Labute approximate surface area is 105 Å². The lowest BCUT2D eigenvalue weighted by molar-refractivity contribution is 0.306. The van der Waals surface area contributed by atoms with Gasteiger partial charge in [0, 0.05) is 23.8 Å². The summed E-state index contributed by atoms with van der Waals surface area (Å²) in [5.74, 6) is 1.58. The number of hydrogen-bond acceptors (Lipinski definition) is 3. The lowest BCUT2D eigenvalue weighted by Crippen LogP contribution is -2.02. The molecule has 1 N–H and O–H groups in total. The maximum atomic E-state index is 5.88. The number of nitrogens with zero attached hydrogens (tertiary/aromatic N) is 1. The highest BCUT2D eigenvalue weighted by atomic mass is 35.5. The van der Waals surface area contributed by atoms with Gasteiger partial charge in [-0.1, -0.05) is 23.7 Å². The maximum Gasteiger partial charge on any atom is 0.132 e. The van der Waals surface area contributed by atoms with E-state index in [4.69, 9.17) is 16.3 Å². The minimum atomic E-state index is 0.463. The van der Waals surface area contributed by atoms with Gasteiger partial charge in [0.2, 0.25) is 0 Å². The van der Waals surface area contributed by atoms with Crippen molar-refractivity contribution < 1.29 is 4.74 Å². The molecule has 0 fully saturated rings. The van der Waals surface area contributed by atoms with Crippen molar-refractivity contribution in [3.05, 3.63) is 53.2 Å². The summed E-state index contributed by atoms with van der Waals surface area (Å²) in [5, 5.41) is 3.70. The Balaban J connectivity index is 2.07.